The average Bonchev–Trinajstić information content (AvgIpc) is 2.69. The number of esters is 1. The van der Waals surface area contributed by atoms with Crippen LogP contribution in [0.5, 0.6) is 0 Å². The minimum atomic E-state index is -4.59. The van der Waals surface area contributed by atoms with Crippen LogP contribution >= 0.6 is 0 Å². The molecule has 0 spiro atoms. The predicted molar refractivity (Wildman–Crippen MR) is 99.3 cm³/mol. The topological polar surface area (TPSA) is 72.5 Å². The van der Waals surface area contributed by atoms with E-state index in [9.17, 15) is 27.6 Å². The lowest BCUT2D eigenvalue weighted by Crippen LogP contribution is -2.45. The van der Waals surface area contributed by atoms with Gasteiger partial charge in [-0.2, -0.15) is 13.2 Å². The van der Waals surface area contributed by atoms with Gasteiger partial charge in [0.25, 0.3) is 5.91 Å². The molecule has 1 N–H and O–H groups in total. The summed E-state index contributed by atoms with van der Waals surface area (Å²) in [5.41, 5.74) is -0.835. The number of amides is 1. The van der Waals surface area contributed by atoms with Gasteiger partial charge >= 0.3 is 12.1 Å². The molecule has 0 fully saturated rings. The number of carbonyl (C=O) groups excluding carboxylic acids is 3. The van der Waals surface area contributed by atoms with Crippen LogP contribution in [0.15, 0.2) is 54.6 Å². The maximum atomic E-state index is 12.8. The fraction of sp³-hybridized carbons (Fsp3) is 0.286. The van der Waals surface area contributed by atoms with Crippen LogP contribution in [0.25, 0.3) is 0 Å². The van der Waals surface area contributed by atoms with Gasteiger partial charge in [0.15, 0.2) is 12.4 Å². The van der Waals surface area contributed by atoms with Gasteiger partial charge in [0.2, 0.25) is 0 Å². The van der Waals surface area contributed by atoms with Crippen molar-refractivity contribution in [2.75, 3.05) is 6.61 Å². The number of nitrogens with one attached hydrogen (secondary N) is 1. The van der Waals surface area contributed by atoms with E-state index >= 15 is 0 Å². The summed E-state index contributed by atoms with van der Waals surface area (Å²) in [7, 11) is 0. The maximum absolute atomic E-state index is 12.8. The van der Waals surface area contributed by atoms with Crippen molar-refractivity contribution in [2.45, 2.75) is 26.1 Å². The zero-order valence-electron chi connectivity index (χ0n) is 15.8. The van der Waals surface area contributed by atoms with E-state index in [1.165, 1.54) is 6.07 Å². The molecule has 0 saturated heterocycles. The highest BCUT2D eigenvalue weighted by atomic mass is 19.4. The zero-order valence-corrected chi connectivity index (χ0v) is 15.8. The summed E-state index contributed by atoms with van der Waals surface area (Å²) >= 11 is 0. The third-order valence-corrected chi connectivity index (χ3v) is 4.10. The molecule has 1 atom stereocenters. The number of rotatable bonds is 7. The Morgan fingerprint density at radius 2 is 1.59 bits per heavy atom. The second kappa shape index (κ2) is 9.36. The lowest BCUT2D eigenvalue weighted by atomic mass is 10.0. The molecule has 2 rings (SSSR count). The zero-order chi connectivity index (χ0) is 21.6. The van der Waals surface area contributed by atoms with E-state index in [1.54, 1.807) is 44.2 Å². The molecular formula is C21H20F3NO4. The molecule has 29 heavy (non-hydrogen) atoms. The standard InChI is InChI=1S/C21H20F3NO4/c1-13(2)18(25-19(27)14-7-4-3-5-8-14)20(28)29-12-17(26)15-9-6-10-16(11-15)21(22,23)24/h3-11,13,18H,12H2,1-2H3,(H,25,27). The average molecular weight is 407 g/mol. The molecule has 0 radical (unpaired) electrons. The van der Waals surface area contributed by atoms with Crippen LogP contribution in [-0.2, 0) is 15.7 Å². The summed E-state index contributed by atoms with van der Waals surface area (Å²) in [5.74, 6) is -2.43. The first-order chi connectivity index (χ1) is 13.6. The van der Waals surface area contributed by atoms with Gasteiger partial charge in [0, 0.05) is 11.1 Å². The molecule has 2 aromatic rings. The number of Topliss-reactive ketones (excluding diaryl/α,β-unsaturated/α-hetero) is 1. The van der Waals surface area contributed by atoms with E-state index in [-0.39, 0.29) is 11.5 Å². The third kappa shape index (κ3) is 6.17. The highest BCUT2D eigenvalue weighted by Gasteiger charge is 2.31. The van der Waals surface area contributed by atoms with E-state index in [0.29, 0.717) is 11.6 Å². The largest absolute Gasteiger partial charge is 0.456 e. The highest BCUT2D eigenvalue weighted by molar-refractivity contribution is 5.99. The van der Waals surface area contributed by atoms with Gasteiger partial charge in [-0.3, -0.25) is 9.59 Å². The van der Waals surface area contributed by atoms with Gasteiger partial charge in [-0.05, 0) is 30.2 Å². The van der Waals surface area contributed by atoms with Crippen LogP contribution in [0.4, 0.5) is 13.2 Å². The molecule has 0 heterocycles. The number of halogens is 3. The Hall–Kier alpha value is -3.16. The van der Waals surface area contributed by atoms with Crippen molar-refractivity contribution < 1.29 is 32.3 Å². The van der Waals surface area contributed by atoms with Crippen molar-refractivity contribution in [2.24, 2.45) is 5.92 Å². The quantitative estimate of drug-likeness (QED) is 0.558. The molecule has 2 aromatic carbocycles. The molecule has 5 nitrogen and oxygen atoms in total. The maximum Gasteiger partial charge on any atom is 0.416 e. The first-order valence-electron chi connectivity index (χ1n) is 8.82. The van der Waals surface area contributed by atoms with Gasteiger partial charge in [0.05, 0.1) is 5.56 Å². The second-order valence-corrected chi connectivity index (χ2v) is 6.67. The minimum Gasteiger partial charge on any atom is -0.456 e. The summed E-state index contributed by atoms with van der Waals surface area (Å²) in [6.45, 7) is 2.64. The molecular weight excluding hydrogens is 387 g/mol. The van der Waals surface area contributed by atoms with Crippen LogP contribution in [0, 0.1) is 5.92 Å². The van der Waals surface area contributed by atoms with Crippen LogP contribution in [0.1, 0.15) is 40.1 Å². The Kier molecular flexibility index (Phi) is 7.14. The Morgan fingerprint density at radius 1 is 0.966 bits per heavy atom. The second-order valence-electron chi connectivity index (χ2n) is 6.67. The number of benzene rings is 2. The van der Waals surface area contributed by atoms with Crippen molar-refractivity contribution in [3.63, 3.8) is 0 Å². The van der Waals surface area contributed by atoms with Crippen LogP contribution in [-0.4, -0.2) is 30.3 Å². The molecule has 1 amide bonds. The summed E-state index contributed by atoms with van der Waals surface area (Å²) in [5, 5.41) is 2.55. The van der Waals surface area contributed by atoms with Gasteiger partial charge in [-0.25, -0.2) is 4.79 Å². The number of alkyl halides is 3. The van der Waals surface area contributed by atoms with Crippen molar-refractivity contribution in [3.05, 3.63) is 71.3 Å². The highest BCUT2D eigenvalue weighted by Crippen LogP contribution is 2.29. The summed E-state index contributed by atoms with van der Waals surface area (Å²) in [4.78, 5) is 36.7. The van der Waals surface area contributed by atoms with Gasteiger partial charge in [-0.1, -0.05) is 44.2 Å². The number of carbonyl (C=O) groups is 3. The van der Waals surface area contributed by atoms with Gasteiger partial charge in [-0.15, -0.1) is 0 Å². The Balaban J connectivity index is 2.01. The SMILES string of the molecule is CC(C)C(NC(=O)c1ccccc1)C(=O)OCC(=O)c1cccc(C(F)(F)F)c1. The molecule has 0 bridgehead atoms. The number of ketones is 1. The van der Waals surface area contributed by atoms with E-state index < -0.39 is 42.0 Å². The number of hydrogen-bond donors (Lipinski definition) is 1. The summed E-state index contributed by atoms with van der Waals surface area (Å²) in [6.07, 6.45) is -4.59. The molecule has 0 saturated carbocycles. The van der Waals surface area contributed by atoms with E-state index in [4.69, 9.17) is 4.74 Å². The Labute approximate surface area is 165 Å². The molecule has 0 aromatic heterocycles. The van der Waals surface area contributed by atoms with Gasteiger partial charge in [0.1, 0.15) is 6.04 Å². The predicted octanol–water partition coefficient (Wildman–Crippen LogP) is 3.89. The lowest BCUT2D eigenvalue weighted by molar-refractivity contribution is -0.146. The Bertz CT molecular complexity index is 879. The molecule has 1 unspecified atom stereocenters. The summed E-state index contributed by atoms with van der Waals surface area (Å²) in [6, 6.07) is 11.1. The Morgan fingerprint density at radius 3 is 2.17 bits per heavy atom. The lowest BCUT2D eigenvalue weighted by Gasteiger charge is -2.20. The molecule has 154 valence electrons. The fourth-order valence-corrected chi connectivity index (χ4v) is 2.49. The van der Waals surface area contributed by atoms with E-state index in [0.717, 1.165) is 12.1 Å². The van der Waals surface area contributed by atoms with Gasteiger partial charge < -0.3 is 10.1 Å². The number of ether oxygens (including phenoxy) is 1. The van der Waals surface area contributed by atoms with Crippen molar-refractivity contribution >= 4 is 17.7 Å². The van der Waals surface area contributed by atoms with E-state index in [1.807, 2.05) is 0 Å². The van der Waals surface area contributed by atoms with Crippen molar-refractivity contribution in [3.8, 4) is 0 Å². The van der Waals surface area contributed by atoms with E-state index in [2.05, 4.69) is 5.32 Å². The fourth-order valence-electron chi connectivity index (χ4n) is 2.49. The van der Waals surface area contributed by atoms with Crippen molar-refractivity contribution in [1.82, 2.24) is 5.32 Å². The molecule has 8 heteroatoms. The minimum absolute atomic E-state index is 0.220. The molecule has 0 aliphatic rings. The number of hydrogen-bond acceptors (Lipinski definition) is 4. The normalized spacial score (nSPS) is 12.3. The first kappa shape index (κ1) is 22.1. The van der Waals surface area contributed by atoms with Crippen molar-refractivity contribution in [1.29, 1.82) is 0 Å². The van der Waals surface area contributed by atoms with Crippen LogP contribution in [0.3, 0.4) is 0 Å². The first-order valence-corrected chi connectivity index (χ1v) is 8.82. The van der Waals surface area contributed by atoms with Crippen LogP contribution in [0.2, 0.25) is 0 Å². The smallest absolute Gasteiger partial charge is 0.416 e. The summed E-state index contributed by atoms with van der Waals surface area (Å²) < 4.78 is 43.3. The van der Waals surface area contributed by atoms with Crippen LogP contribution < -0.4 is 5.32 Å². The third-order valence-electron chi connectivity index (χ3n) is 4.10. The molecule has 0 aliphatic heterocycles. The monoisotopic (exact) mass is 407 g/mol. The molecule has 0 aliphatic carbocycles.